The maximum absolute atomic E-state index is 6.16. The van der Waals surface area contributed by atoms with Gasteiger partial charge in [-0.2, -0.15) is 0 Å². The van der Waals surface area contributed by atoms with Crippen LogP contribution in [0.15, 0.2) is 18.3 Å². The van der Waals surface area contributed by atoms with Crippen molar-refractivity contribution in [3.8, 4) is 0 Å². The van der Waals surface area contributed by atoms with Gasteiger partial charge in [0.2, 0.25) is 0 Å². The van der Waals surface area contributed by atoms with Gasteiger partial charge in [0.05, 0.1) is 10.5 Å². The highest BCUT2D eigenvalue weighted by Gasteiger charge is 2.10. The molecule has 2 aromatic rings. The van der Waals surface area contributed by atoms with E-state index in [1.807, 2.05) is 25.4 Å². The average Bonchev–Trinajstić information content (AvgIpc) is 2.50. The van der Waals surface area contributed by atoms with Gasteiger partial charge in [0.25, 0.3) is 0 Å². The van der Waals surface area contributed by atoms with Crippen LogP contribution in [-0.4, -0.2) is 4.57 Å². The van der Waals surface area contributed by atoms with Gasteiger partial charge in [0, 0.05) is 25.2 Å². The molecule has 0 radical (unpaired) electrons. The van der Waals surface area contributed by atoms with Gasteiger partial charge in [-0.25, -0.2) is 0 Å². The molecule has 74 valence electrons. The zero-order chi connectivity index (χ0) is 10.3. The molecule has 0 fully saturated rings. The van der Waals surface area contributed by atoms with E-state index in [0.29, 0.717) is 6.54 Å². The van der Waals surface area contributed by atoms with Crippen molar-refractivity contribution in [2.45, 2.75) is 13.5 Å². The number of benzene rings is 1. The zero-order valence-corrected chi connectivity index (χ0v) is 9.10. The smallest absolute Gasteiger partial charge is 0.0525 e. The van der Waals surface area contributed by atoms with Crippen LogP contribution in [0.3, 0.4) is 0 Å². The van der Waals surface area contributed by atoms with Crippen molar-refractivity contribution in [2.75, 3.05) is 0 Å². The lowest BCUT2D eigenvalue weighted by atomic mass is 10.1. The van der Waals surface area contributed by atoms with Crippen molar-refractivity contribution < 1.29 is 0 Å². The Balaban J connectivity index is 2.94. The number of rotatable bonds is 1. The minimum absolute atomic E-state index is 0.528. The Bertz CT molecular complexity index is 485. The largest absolute Gasteiger partial charge is 0.350 e. The summed E-state index contributed by atoms with van der Waals surface area (Å²) in [6.45, 7) is 2.61. The number of aryl methyl sites for hydroxylation is 2. The average molecular weight is 209 g/mol. The Morgan fingerprint density at radius 2 is 2.14 bits per heavy atom. The van der Waals surface area contributed by atoms with E-state index in [-0.39, 0.29) is 0 Å². The van der Waals surface area contributed by atoms with Gasteiger partial charge in [0.1, 0.15) is 0 Å². The van der Waals surface area contributed by atoms with E-state index in [4.69, 9.17) is 17.3 Å². The molecule has 0 unspecified atom stereocenters. The van der Waals surface area contributed by atoms with Crippen LogP contribution in [0.2, 0.25) is 5.02 Å². The number of hydrogen-bond acceptors (Lipinski definition) is 1. The highest BCUT2D eigenvalue weighted by atomic mass is 35.5. The first-order valence-electron chi connectivity index (χ1n) is 4.58. The second-order valence-electron chi connectivity index (χ2n) is 3.56. The predicted molar refractivity (Wildman–Crippen MR) is 60.6 cm³/mol. The molecule has 2 N–H and O–H groups in total. The van der Waals surface area contributed by atoms with E-state index in [0.717, 1.165) is 16.0 Å². The lowest BCUT2D eigenvalue weighted by Crippen LogP contribution is -1.94. The first-order chi connectivity index (χ1) is 6.65. The van der Waals surface area contributed by atoms with E-state index in [1.165, 1.54) is 11.1 Å². The summed E-state index contributed by atoms with van der Waals surface area (Å²) in [5, 5.41) is 1.88. The van der Waals surface area contributed by atoms with Gasteiger partial charge in [-0.1, -0.05) is 17.7 Å². The third kappa shape index (κ3) is 1.22. The molecule has 0 spiro atoms. The van der Waals surface area contributed by atoms with Crippen molar-refractivity contribution >= 4 is 22.5 Å². The number of fused-ring (bicyclic) bond motifs is 1. The van der Waals surface area contributed by atoms with Crippen molar-refractivity contribution in [2.24, 2.45) is 12.8 Å². The van der Waals surface area contributed by atoms with Crippen molar-refractivity contribution in [1.29, 1.82) is 0 Å². The Hall–Kier alpha value is -0.990. The molecule has 2 rings (SSSR count). The van der Waals surface area contributed by atoms with Crippen molar-refractivity contribution in [3.05, 3.63) is 34.5 Å². The van der Waals surface area contributed by atoms with E-state index in [2.05, 4.69) is 11.5 Å². The van der Waals surface area contributed by atoms with Crippen LogP contribution in [0.4, 0.5) is 0 Å². The minimum atomic E-state index is 0.528. The highest BCUT2D eigenvalue weighted by Crippen LogP contribution is 2.30. The van der Waals surface area contributed by atoms with Gasteiger partial charge in [-0.15, -0.1) is 0 Å². The molecule has 0 bridgehead atoms. The molecule has 0 aliphatic heterocycles. The first-order valence-corrected chi connectivity index (χ1v) is 4.96. The maximum Gasteiger partial charge on any atom is 0.0525 e. The van der Waals surface area contributed by atoms with Crippen LogP contribution < -0.4 is 5.73 Å². The molecule has 0 saturated heterocycles. The Kier molecular flexibility index (Phi) is 2.25. The van der Waals surface area contributed by atoms with Crippen LogP contribution in [0, 0.1) is 6.92 Å². The molecular weight excluding hydrogens is 196 g/mol. The van der Waals surface area contributed by atoms with Crippen LogP contribution in [0.1, 0.15) is 11.1 Å². The quantitative estimate of drug-likeness (QED) is 0.768. The molecule has 0 aliphatic rings. The first kappa shape index (κ1) is 9.56. The number of nitrogens with zero attached hydrogens (tertiary/aromatic N) is 1. The van der Waals surface area contributed by atoms with E-state index in [1.54, 1.807) is 0 Å². The second-order valence-corrected chi connectivity index (χ2v) is 3.96. The SMILES string of the molecule is Cc1ccc(Cl)c2c(CN)cn(C)c12. The van der Waals surface area contributed by atoms with Gasteiger partial charge >= 0.3 is 0 Å². The Morgan fingerprint density at radius 3 is 2.79 bits per heavy atom. The molecule has 0 atom stereocenters. The number of halogens is 1. The molecule has 1 heterocycles. The van der Waals surface area contributed by atoms with Crippen molar-refractivity contribution in [3.63, 3.8) is 0 Å². The molecule has 14 heavy (non-hydrogen) atoms. The summed E-state index contributed by atoms with van der Waals surface area (Å²) in [4.78, 5) is 0. The van der Waals surface area contributed by atoms with Crippen LogP contribution >= 0.6 is 11.6 Å². The van der Waals surface area contributed by atoms with Gasteiger partial charge in [0.15, 0.2) is 0 Å². The Morgan fingerprint density at radius 1 is 1.43 bits per heavy atom. The fourth-order valence-corrected chi connectivity index (χ4v) is 2.22. The van der Waals surface area contributed by atoms with E-state index >= 15 is 0 Å². The number of aromatic nitrogens is 1. The summed E-state index contributed by atoms with van der Waals surface area (Å²) in [5.41, 5.74) is 9.19. The lowest BCUT2D eigenvalue weighted by Gasteiger charge is -2.02. The molecular formula is C11H13ClN2. The topological polar surface area (TPSA) is 30.9 Å². The predicted octanol–water partition coefficient (Wildman–Crippen LogP) is 2.60. The zero-order valence-electron chi connectivity index (χ0n) is 8.34. The molecule has 1 aromatic carbocycles. The summed E-state index contributed by atoms with van der Waals surface area (Å²) in [6.07, 6.45) is 2.05. The molecule has 1 aromatic heterocycles. The van der Waals surface area contributed by atoms with E-state index in [9.17, 15) is 0 Å². The molecule has 3 heteroatoms. The van der Waals surface area contributed by atoms with Gasteiger partial charge in [-0.3, -0.25) is 0 Å². The monoisotopic (exact) mass is 208 g/mol. The fourth-order valence-electron chi connectivity index (χ4n) is 1.95. The summed E-state index contributed by atoms with van der Waals surface area (Å²) < 4.78 is 2.08. The van der Waals surface area contributed by atoms with Crippen molar-refractivity contribution in [1.82, 2.24) is 4.57 Å². The summed E-state index contributed by atoms with van der Waals surface area (Å²) in [6, 6.07) is 3.96. The third-order valence-electron chi connectivity index (χ3n) is 2.57. The lowest BCUT2D eigenvalue weighted by molar-refractivity contribution is 0.945. The van der Waals surface area contributed by atoms with Crippen LogP contribution in [0.25, 0.3) is 10.9 Å². The summed E-state index contributed by atoms with van der Waals surface area (Å²) >= 11 is 6.16. The number of nitrogens with two attached hydrogens (primary N) is 1. The third-order valence-corrected chi connectivity index (χ3v) is 2.89. The van der Waals surface area contributed by atoms with Gasteiger partial charge in [-0.05, 0) is 24.1 Å². The number of hydrogen-bond donors (Lipinski definition) is 1. The second kappa shape index (κ2) is 3.30. The van der Waals surface area contributed by atoms with Crippen LogP contribution in [-0.2, 0) is 13.6 Å². The minimum Gasteiger partial charge on any atom is -0.350 e. The van der Waals surface area contributed by atoms with Gasteiger partial charge < -0.3 is 10.3 Å². The fraction of sp³-hybridized carbons (Fsp3) is 0.273. The molecule has 0 saturated carbocycles. The molecule has 0 amide bonds. The van der Waals surface area contributed by atoms with Crippen LogP contribution in [0.5, 0.6) is 0 Å². The maximum atomic E-state index is 6.16. The highest BCUT2D eigenvalue weighted by molar-refractivity contribution is 6.35. The normalized spacial score (nSPS) is 11.1. The molecule has 0 aliphatic carbocycles. The molecule has 2 nitrogen and oxygen atoms in total. The Labute approximate surface area is 88.3 Å². The standard InChI is InChI=1S/C11H13ClN2/c1-7-3-4-9(12)10-8(5-13)6-14(2)11(7)10/h3-4,6H,5,13H2,1-2H3. The summed E-state index contributed by atoms with van der Waals surface area (Å²) in [7, 11) is 2.02. The summed E-state index contributed by atoms with van der Waals surface area (Å²) in [5.74, 6) is 0. The van der Waals surface area contributed by atoms with E-state index < -0.39 is 0 Å².